The zero-order valence-electron chi connectivity index (χ0n) is 18.9. The van der Waals surface area contributed by atoms with Crippen LogP contribution in [0.4, 0.5) is 5.82 Å². The van der Waals surface area contributed by atoms with E-state index < -0.39 is 0 Å². The van der Waals surface area contributed by atoms with E-state index in [1.165, 1.54) is 44.9 Å². The minimum Gasteiger partial charge on any atom is -0.356 e. The molecule has 5 rings (SSSR count). The molecule has 4 heterocycles. The monoisotopic (exact) mass is 424 g/mol. The van der Waals surface area contributed by atoms with E-state index in [4.69, 9.17) is 4.52 Å². The summed E-state index contributed by atoms with van der Waals surface area (Å²) in [6, 6.07) is 4.97. The van der Waals surface area contributed by atoms with Gasteiger partial charge in [0.1, 0.15) is 5.82 Å². The molecule has 168 valence electrons. The molecule has 0 unspecified atom stereocenters. The number of piperidine rings is 1. The maximum atomic E-state index is 5.57. The Labute approximate surface area is 185 Å². The zero-order chi connectivity index (χ0) is 21.0. The number of hydrogen-bond donors (Lipinski definition) is 0. The van der Waals surface area contributed by atoms with E-state index in [0.717, 1.165) is 69.2 Å². The standard InChI is InChI=1S/C24H36N6O/c1-19-6-5-11-30(17-19)22-10-9-20(16-25-22)24-26-23(31-27-24)18-28-12-14-29(15-13-28)21-7-3-2-4-8-21/h9-10,16,19,21H,2-8,11-15,17-18H2,1H3/t19-/m0/s1. The van der Waals surface area contributed by atoms with Crippen LogP contribution in [0.5, 0.6) is 0 Å². The number of anilines is 1. The van der Waals surface area contributed by atoms with Gasteiger partial charge in [0.15, 0.2) is 0 Å². The fourth-order valence-corrected chi connectivity index (χ4v) is 5.46. The van der Waals surface area contributed by atoms with Crippen LogP contribution in [-0.4, -0.2) is 70.2 Å². The Morgan fingerprint density at radius 3 is 2.55 bits per heavy atom. The number of piperazine rings is 1. The molecule has 2 saturated heterocycles. The van der Waals surface area contributed by atoms with E-state index in [2.05, 4.69) is 48.9 Å². The van der Waals surface area contributed by atoms with Crippen molar-refractivity contribution in [3.8, 4) is 11.4 Å². The molecule has 7 nitrogen and oxygen atoms in total. The van der Waals surface area contributed by atoms with Gasteiger partial charge in [0.2, 0.25) is 11.7 Å². The van der Waals surface area contributed by atoms with Crippen LogP contribution in [0.1, 0.15) is 57.8 Å². The first-order valence-electron chi connectivity index (χ1n) is 12.2. The molecule has 0 aromatic carbocycles. The van der Waals surface area contributed by atoms with Gasteiger partial charge < -0.3 is 9.42 Å². The van der Waals surface area contributed by atoms with Crippen LogP contribution in [0.15, 0.2) is 22.9 Å². The maximum absolute atomic E-state index is 5.57. The van der Waals surface area contributed by atoms with Gasteiger partial charge in [-0.05, 0) is 43.7 Å². The van der Waals surface area contributed by atoms with Crippen molar-refractivity contribution in [2.45, 2.75) is 64.5 Å². The van der Waals surface area contributed by atoms with E-state index >= 15 is 0 Å². The van der Waals surface area contributed by atoms with Gasteiger partial charge in [-0.25, -0.2) is 4.98 Å². The van der Waals surface area contributed by atoms with Crippen LogP contribution in [-0.2, 0) is 6.54 Å². The van der Waals surface area contributed by atoms with Crippen LogP contribution in [0, 0.1) is 5.92 Å². The Hall–Kier alpha value is -1.99. The average molecular weight is 425 g/mol. The Balaban J connectivity index is 1.14. The minimum absolute atomic E-state index is 0.641. The third kappa shape index (κ3) is 5.09. The van der Waals surface area contributed by atoms with Crippen molar-refractivity contribution in [1.29, 1.82) is 0 Å². The Bertz CT molecular complexity index is 823. The molecule has 7 heteroatoms. The van der Waals surface area contributed by atoms with Crippen LogP contribution < -0.4 is 4.90 Å². The summed E-state index contributed by atoms with van der Waals surface area (Å²) >= 11 is 0. The number of hydrogen-bond acceptors (Lipinski definition) is 7. The third-order valence-corrected chi connectivity index (χ3v) is 7.31. The predicted octanol–water partition coefficient (Wildman–Crippen LogP) is 3.82. The van der Waals surface area contributed by atoms with Crippen molar-refractivity contribution >= 4 is 5.82 Å². The molecule has 0 amide bonds. The molecule has 0 spiro atoms. The summed E-state index contributed by atoms with van der Waals surface area (Å²) in [5.74, 6) is 3.13. The molecule has 1 aliphatic carbocycles. The molecule has 3 fully saturated rings. The predicted molar refractivity (Wildman–Crippen MR) is 122 cm³/mol. The fraction of sp³-hybridized carbons (Fsp3) is 0.708. The highest BCUT2D eigenvalue weighted by atomic mass is 16.5. The summed E-state index contributed by atoms with van der Waals surface area (Å²) < 4.78 is 5.57. The number of nitrogens with zero attached hydrogens (tertiary/aromatic N) is 6. The average Bonchev–Trinajstić information content (AvgIpc) is 3.29. The van der Waals surface area contributed by atoms with E-state index in [9.17, 15) is 0 Å². The van der Waals surface area contributed by atoms with Crippen LogP contribution >= 0.6 is 0 Å². The van der Waals surface area contributed by atoms with Gasteiger partial charge in [-0.1, -0.05) is 31.3 Å². The highest BCUT2D eigenvalue weighted by Crippen LogP contribution is 2.25. The molecule has 2 aromatic heterocycles. The molecule has 0 N–H and O–H groups in total. The molecule has 2 aliphatic heterocycles. The van der Waals surface area contributed by atoms with E-state index in [1.54, 1.807) is 0 Å². The summed E-state index contributed by atoms with van der Waals surface area (Å²) in [6.45, 7) is 9.72. The van der Waals surface area contributed by atoms with E-state index in [1.807, 2.05) is 6.20 Å². The molecule has 0 bridgehead atoms. The van der Waals surface area contributed by atoms with Gasteiger partial charge >= 0.3 is 0 Å². The lowest BCUT2D eigenvalue weighted by Gasteiger charge is -2.40. The Kier molecular flexibility index (Phi) is 6.50. The SMILES string of the molecule is C[C@H]1CCCN(c2ccc(-c3noc(CN4CCN(C5CCCCC5)CC4)n3)cn2)C1. The molecule has 0 radical (unpaired) electrons. The van der Waals surface area contributed by atoms with Gasteiger partial charge in [-0.3, -0.25) is 9.80 Å². The Morgan fingerprint density at radius 1 is 0.968 bits per heavy atom. The van der Waals surface area contributed by atoms with Crippen molar-refractivity contribution in [3.63, 3.8) is 0 Å². The Morgan fingerprint density at radius 2 is 1.81 bits per heavy atom. The fourth-order valence-electron chi connectivity index (χ4n) is 5.46. The summed E-state index contributed by atoms with van der Waals surface area (Å²) in [4.78, 5) is 16.9. The third-order valence-electron chi connectivity index (χ3n) is 7.31. The highest BCUT2D eigenvalue weighted by Gasteiger charge is 2.26. The second-order valence-electron chi connectivity index (χ2n) is 9.71. The van der Waals surface area contributed by atoms with Gasteiger partial charge in [0.05, 0.1) is 6.54 Å². The lowest BCUT2D eigenvalue weighted by Crippen LogP contribution is -2.50. The van der Waals surface area contributed by atoms with Gasteiger partial charge in [-0.15, -0.1) is 0 Å². The lowest BCUT2D eigenvalue weighted by molar-refractivity contribution is 0.0702. The second-order valence-corrected chi connectivity index (χ2v) is 9.71. The molecule has 1 saturated carbocycles. The summed E-state index contributed by atoms with van der Waals surface area (Å²) in [5.41, 5.74) is 0.922. The molecule has 2 aromatic rings. The van der Waals surface area contributed by atoms with E-state index in [-0.39, 0.29) is 0 Å². The highest BCUT2D eigenvalue weighted by molar-refractivity contribution is 5.55. The van der Waals surface area contributed by atoms with E-state index in [0.29, 0.717) is 11.7 Å². The first-order valence-corrected chi connectivity index (χ1v) is 12.2. The number of pyridine rings is 1. The number of rotatable bonds is 5. The smallest absolute Gasteiger partial charge is 0.241 e. The van der Waals surface area contributed by atoms with Crippen molar-refractivity contribution in [2.75, 3.05) is 44.2 Å². The first-order chi connectivity index (χ1) is 15.2. The first kappa shape index (κ1) is 20.9. The summed E-state index contributed by atoms with van der Waals surface area (Å²) in [5, 5.41) is 4.22. The molecular weight excluding hydrogens is 388 g/mol. The van der Waals surface area contributed by atoms with Crippen LogP contribution in [0.3, 0.4) is 0 Å². The number of aromatic nitrogens is 3. The van der Waals surface area contributed by atoms with Gasteiger partial charge in [-0.2, -0.15) is 4.98 Å². The van der Waals surface area contributed by atoms with Crippen molar-refractivity contribution < 1.29 is 4.52 Å². The summed E-state index contributed by atoms with van der Waals surface area (Å²) in [6.07, 6.45) is 11.4. The summed E-state index contributed by atoms with van der Waals surface area (Å²) in [7, 11) is 0. The molecule has 1 atom stereocenters. The molecule has 31 heavy (non-hydrogen) atoms. The normalized spacial score (nSPS) is 24.5. The second kappa shape index (κ2) is 9.65. The quantitative estimate of drug-likeness (QED) is 0.723. The van der Waals surface area contributed by atoms with Crippen LogP contribution in [0.2, 0.25) is 0 Å². The maximum Gasteiger partial charge on any atom is 0.241 e. The molecular formula is C24H36N6O. The van der Waals surface area contributed by atoms with Crippen molar-refractivity contribution in [3.05, 3.63) is 24.2 Å². The van der Waals surface area contributed by atoms with Gasteiger partial charge in [0.25, 0.3) is 0 Å². The lowest BCUT2D eigenvalue weighted by atomic mass is 9.94. The van der Waals surface area contributed by atoms with Gasteiger partial charge in [0, 0.05) is 57.1 Å². The zero-order valence-corrected chi connectivity index (χ0v) is 18.9. The minimum atomic E-state index is 0.641. The largest absolute Gasteiger partial charge is 0.356 e. The van der Waals surface area contributed by atoms with Crippen molar-refractivity contribution in [2.24, 2.45) is 5.92 Å². The molecule has 3 aliphatic rings. The van der Waals surface area contributed by atoms with Crippen LogP contribution in [0.25, 0.3) is 11.4 Å². The topological polar surface area (TPSA) is 61.5 Å². The van der Waals surface area contributed by atoms with Crippen molar-refractivity contribution in [1.82, 2.24) is 24.9 Å².